The molecule has 3 heterocycles. The van der Waals surface area contributed by atoms with Gasteiger partial charge in [0.2, 0.25) is 0 Å². The minimum absolute atomic E-state index is 0.0904. The maximum atomic E-state index is 15.2. The molecule has 0 bridgehead atoms. The van der Waals surface area contributed by atoms with Crippen LogP contribution in [-0.2, 0) is 6.54 Å². The maximum Gasteiger partial charge on any atom is 0.273 e. The van der Waals surface area contributed by atoms with Gasteiger partial charge in [-0.15, -0.1) is 0 Å². The molecular weight excluding hydrogens is 486 g/mol. The van der Waals surface area contributed by atoms with E-state index in [1.54, 1.807) is 29.3 Å². The molecule has 0 saturated carbocycles. The summed E-state index contributed by atoms with van der Waals surface area (Å²) in [4.78, 5) is 21.9. The fraction of sp³-hybridized carbons (Fsp3) is 0.400. The second kappa shape index (κ2) is 11.6. The SMILES string of the molecule is C[C@@H]1CN(Cc2ccc(-c3cccnc3C(=O)N3CCC(Oc4cccc(F)c4)CC3)cc2F)C[C@H](C)N1. The number of aromatic nitrogens is 1. The Morgan fingerprint density at radius 3 is 2.50 bits per heavy atom. The molecule has 38 heavy (non-hydrogen) atoms. The third-order valence-electron chi connectivity index (χ3n) is 7.23. The van der Waals surface area contributed by atoms with Gasteiger partial charge in [-0.3, -0.25) is 14.7 Å². The zero-order chi connectivity index (χ0) is 26.6. The van der Waals surface area contributed by atoms with E-state index in [1.165, 1.54) is 18.2 Å². The first-order chi connectivity index (χ1) is 18.4. The smallest absolute Gasteiger partial charge is 0.273 e. The van der Waals surface area contributed by atoms with E-state index in [-0.39, 0.29) is 23.6 Å². The van der Waals surface area contributed by atoms with Crippen LogP contribution in [0.4, 0.5) is 8.78 Å². The van der Waals surface area contributed by atoms with Crippen molar-refractivity contribution in [1.29, 1.82) is 0 Å². The van der Waals surface area contributed by atoms with E-state index in [0.29, 0.717) is 72.7 Å². The lowest BCUT2D eigenvalue weighted by Gasteiger charge is -2.36. The predicted octanol–water partition coefficient (Wildman–Crippen LogP) is 4.89. The molecular formula is C30H34F2N4O2. The number of amides is 1. The van der Waals surface area contributed by atoms with E-state index in [0.717, 1.165) is 13.1 Å². The van der Waals surface area contributed by atoms with Gasteiger partial charge in [0.1, 0.15) is 29.2 Å². The molecule has 2 fully saturated rings. The first kappa shape index (κ1) is 26.3. The zero-order valence-corrected chi connectivity index (χ0v) is 21.9. The van der Waals surface area contributed by atoms with E-state index in [4.69, 9.17) is 4.74 Å². The van der Waals surface area contributed by atoms with Gasteiger partial charge in [-0.25, -0.2) is 8.78 Å². The van der Waals surface area contributed by atoms with Crippen molar-refractivity contribution < 1.29 is 18.3 Å². The molecule has 1 amide bonds. The number of halogens is 2. The van der Waals surface area contributed by atoms with Crippen LogP contribution in [0, 0.1) is 11.6 Å². The molecule has 6 nitrogen and oxygen atoms in total. The number of benzene rings is 2. The number of hydrogen-bond donors (Lipinski definition) is 1. The molecule has 0 unspecified atom stereocenters. The molecule has 2 atom stereocenters. The molecule has 3 aromatic rings. The highest BCUT2D eigenvalue weighted by Gasteiger charge is 2.28. The largest absolute Gasteiger partial charge is 0.490 e. The van der Waals surface area contributed by atoms with Crippen LogP contribution in [0.3, 0.4) is 0 Å². The highest BCUT2D eigenvalue weighted by Crippen LogP contribution is 2.28. The highest BCUT2D eigenvalue weighted by molar-refractivity contribution is 5.99. The van der Waals surface area contributed by atoms with Crippen LogP contribution < -0.4 is 10.1 Å². The number of ether oxygens (including phenoxy) is 1. The lowest BCUT2D eigenvalue weighted by atomic mass is 10.00. The zero-order valence-electron chi connectivity index (χ0n) is 21.9. The minimum Gasteiger partial charge on any atom is -0.490 e. The van der Waals surface area contributed by atoms with E-state index in [9.17, 15) is 9.18 Å². The third-order valence-corrected chi connectivity index (χ3v) is 7.23. The van der Waals surface area contributed by atoms with Crippen LogP contribution >= 0.6 is 0 Å². The Hall–Kier alpha value is -3.36. The summed E-state index contributed by atoms with van der Waals surface area (Å²) in [5.74, 6) is -0.305. The van der Waals surface area contributed by atoms with Gasteiger partial charge in [0.25, 0.3) is 5.91 Å². The van der Waals surface area contributed by atoms with Crippen molar-refractivity contribution in [2.24, 2.45) is 0 Å². The Morgan fingerprint density at radius 1 is 1.03 bits per heavy atom. The monoisotopic (exact) mass is 520 g/mol. The summed E-state index contributed by atoms with van der Waals surface area (Å²) < 4.78 is 34.6. The fourth-order valence-electron chi connectivity index (χ4n) is 5.52. The second-order valence-electron chi connectivity index (χ2n) is 10.4. The lowest BCUT2D eigenvalue weighted by Crippen LogP contribution is -2.53. The van der Waals surface area contributed by atoms with E-state index < -0.39 is 0 Å². The van der Waals surface area contributed by atoms with Gasteiger partial charge in [-0.05, 0) is 43.7 Å². The molecule has 1 N–H and O–H groups in total. The third kappa shape index (κ3) is 6.19. The molecule has 5 rings (SSSR count). The summed E-state index contributed by atoms with van der Waals surface area (Å²) in [6, 6.07) is 15.6. The van der Waals surface area contributed by atoms with Crippen molar-refractivity contribution in [3.8, 4) is 16.9 Å². The number of rotatable bonds is 6. The Bertz CT molecular complexity index is 1270. The Balaban J connectivity index is 1.26. The summed E-state index contributed by atoms with van der Waals surface area (Å²) in [5, 5.41) is 3.50. The number of likely N-dealkylation sites (tertiary alicyclic amines) is 1. The Kier molecular flexibility index (Phi) is 8.00. The first-order valence-corrected chi connectivity index (χ1v) is 13.3. The molecule has 8 heteroatoms. The summed E-state index contributed by atoms with van der Waals surface area (Å²) >= 11 is 0. The lowest BCUT2D eigenvalue weighted by molar-refractivity contribution is 0.0590. The van der Waals surface area contributed by atoms with Crippen molar-refractivity contribution in [3.63, 3.8) is 0 Å². The normalized spacial score (nSPS) is 20.9. The Labute approximate surface area is 222 Å². The molecule has 2 aliphatic heterocycles. The van der Waals surface area contributed by atoms with E-state index in [1.807, 2.05) is 18.2 Å². The molecule has 1 aromatic heterocycles. The van der Waals surface area contributed by atoms with Crippen LogP contribution in [-0.4, -0.2) is 65.1 Å². The predicted molar refractivity (Wildman–Crippen MR) is 143 cm³/mol. The number of piperidine rings is 1. The molecule has 0 aliphatic carbocycles. The standard InChI is InChI=1S/C30H34F2N4O2/c1-20-17-35(18-21(2)34-20)19-23-9-8-22(15-28(23)32)27-7-4-12-33-29(27)30(37)36-13-10-25(11-14-36)38-26-6-3-5-24(31)16-26/h3-9,12,15-16,20-21,25,34H,10-11,13-14,17-19H2,1-2H3/t20-,21+. The van der Waals surface area contributed by atoms with Crippen molar-refractivity contribution >= 4 is 5.91 Å². The van der Waals surface area contributed by atoms with Crippen LogP contribution in [0.2, 0.25) is 0 Å². The van der Waals surface area contributed by atoms with Crippen molar-refractivity contribution in [3.05, 3.63) is 83.7 Å². The number of hydrogen-bond acceptors (Lipinski definition) is 5. The summed E-state index contributed by atoms with van der Waals surface area (Å²) in [7, 11) is 0. The number of piperazine rings is 1. The molecule has 2 aromatic carbocycles. The van der Waals surface area contributed by atoms with Crippen molar-refractivity contribution in [2.75, 3.05) is 26.2 Å². The fourth-order valence-corrected chi connectivity index (χ4v) is 5.52. The van der Waals surface area contributed by atoms with Crippen LogP contribution in [0.25, 0.3) is 11.1 Å². The van der Waals surface area contributed by atoms with Crippen molar-refractivity contribution in [1.82, 2.24) is 20.1 Å². The second-order valence-corrected chi connectivity index (χ2v) is 10.4. The number of pyridine rings is 1. The van der Waals surface area contributed by atoms with Gasteiger partial charge >= 0.3 is 0 Å². The number of carbonyl (C=O) groups is 1. The summed E-state index contributed by atoms with van der Waals surface area (Å²) in [6.07, 6.45) is 2.77. The molecule has 200 valence electrons. The molecule has 2 aliphatic rings. The van der Waals surface area contributed by atoms with Crippen LogP contribution in [0.1, 0.15) is 42.7 Å². The van der Waals surface area contributed by atoms with Gasteiger partial charge in [0, 0.05) is 81.0 Å². The topological polar surface area (TPSA) is 57.7 Å². The summed E-state index contributed by atoms with van der Waals surface area (Å²) in [6.45, 7) is 7.58. The van der Waals surface area contributed by atoms with E-state index >= 15 is 4.39 Å². The average Bonchev–Trinajstić information content (AvgIpc) is 2.89. The average molecular weight is 521 g/mol. The molecule has 0 spiro atoms. The number of nitrogens with one attached hydrogen (secondary N) is 1. The maximum absolute atomic E-state index is 15.2. The quantitative estimate of drug-likeness (QED) is 0.502. The number of nitrogens with zero attached hydrogens (tertiary/aromatic N) is 3. The van der Waals surface area contributed by atoms with Gasteiger partial charge in [-0.2, -0.15) is 0 Å². The van der Waals surface area contributed by atoms with Gasteiger partial charge < -0.3 is 15.0 Å². The Morgan fingerprint density at radius 2 is 1.79 bits per heavy atom. The van der Waals surface area contributed by atoms with Crippen LogP contribution in [0.15, 0.2) is 60.8 Å². The van der Waals surface area contributed by atoms with Gasteiger partial charge in [0.15, 0.2) is 0 Å². The summed E-state index contributed by atoms with van der Waals surface area (Å²) in [5.41, 5.74) is 2.21. The van der Waals surface area contributed by atoms with Crippen molar-refractivity contribution in [2.45, 2.75) is 51.4 Å². The first-order valence-electron chi connectivity index (χ1n) is 13.3. The minimum atomic E-state index is -0.338. The van der Waals surface area contributed by atoms with Gasteiger partial charge in [-0.1, -0.05) is 24.3 Å². The van der Waals surface area contributed by atoms with E-state index in [2.05, 4.69) is 29.0 Å². The van der Waals surface area contributed by atoms with Crippen LogP contribution in [0.5, 0.6) is 5.75 Å². The number of carbonyl (C=O) groups excluding carboxylic acids is 1. The molecule has 0 radical (unpaired) electrons. The molecule has 2 saturated heterocycles. The highest BCUT2D eigenvalue weighted by atomic mass is 19.1. The van der Waals surface area contributed by atoms with Gasteiger partial charge in [0.05, 0.1) is 0 Å².